The maximum atomic E-state index is 6.06. The van der Waals surface area contributed by atoms with Gasteiger partial charge in [-0.05, 0) is 44.5 Å². The van der Waals surface area contributed by atoms with Crippen molar-refractivity contribution in [1.29, 1.82) is 0 Å². The Morgan fingerprint density at radius 1 is 0.867 bits per heavy atom. The second kappa shape index (κ2) is 17.3. The number of hydrogen-bond donors (Lipinski definition) is 1. The molecule has 2 aromatic rings. The highest BCUT2D eigenvalue weighted by Gasteiger charge is 2.14. The van der Waals surface area contributed by atoms with Crippen LogP contribution in [0.2, 0.25) is 0 Å². The summed E-state index contributed by atoms with van der Waals surface area (Å²) >= 11 is 5.16. The van der Waals surface area contributed by atoms with Crippen molar-refractivity contribution in [2.45, 2.75) is 71.6 Å². The number of anilines is 1. The van der Waals surface area contributed by atoms with Crippen LogP contribution in [0, 0.1) is 0 Å². The number of nitrogens with two attached hydrogens (primary N) is 1. The molecule has 1 heterocycles. The van der Waals surface area contributed by atoms with E-state index in [1.165, 1.54) is 69.3 Å². The maximum Gasteiger partial charge on any atom is 0.180 e. The minimum atomic E-state index is 0. The largest absolute Gasteiger partial charge is 0.375 e. The average molecular weight is 539 g/mol. The molecule has 1 aromatic carbocycles. The van der Waals surface area contributed by atoms with E-state index in [0.717, 1.165) is 28.7 Å². The summed E-state index contributed by atoms with van der Waals surface area (Å²) in [5.74, 6) is 0. The monoisotopic (exact) mass is 537 g/mol. The summed E-state index contributed by atoms with van der Waals surface area (Å²) in [6.45, 7) is 8.09. The second-order valence-electron chi connectivity index (χ2n) is 7.54. The standard InChI is InChI=1S/C23H36BrN3S.2ClH/c1-3-5-7-9-16-27(17-10-8-6-4-2)18-15-21-22(26-23(25)28-21)19-11-13-20(24)14-12-19;;/h11-14H,3-10,15-18H2,1-2H3,(H2,25,26);2*1H. The van der Waals surface area contributed by atoms with Gasteiger partial charge >= 0.3 is 0 Å². The van der Waals surface area contributed by atoms with Gasteiger partial charge in [-0.2, -0.15) is 0 Å². The number of nitrogen functional groups attached to an aromatic ring is 1. The Labute approximate surface area is 208 Å². The number of hydrogen-bond acceptors (Lipinski definition) is 4. The summed E-state index contributed by atoms with van der Waals surface area (Å²) in [6, 6.07) is 8.38. The van der Waals surface area contributed by atoms with Gasteiger partial charge in [0.2, 0.25) is 0 Å². The third-order valence-corrected chi connectivity index (χ3v) is 6.62. The molecule has 0 aliphatic heterocycles. The van der Waals surface area contributed by atoms with E-state index in [2.05, 4.69) is 63.9 Å². The van der Waals surface area contributed by atoms with Crippen LogP contribution >= 0.6 is 52.1 Å². The second-order valence-corrected chi connectivity index (χ2v) is 9.57. The molecule has 0 unspecified atom stereocenters. The van der Waals surface area contributed by atoms with E-state index in [1.54, 1.807) is 11.3 Å². The van der Waals surface area contributed by atoms with Gasteiger partial charge in [-0.1, -0.05) is 80.4 Å². The maximum absolute atomic E-state index is 6.06. The molecule has 7 heteroatoms. The van der Waals surface area contributed by atoms with E-state index in [1.807, 2.05) is 0 Å². The summed E-state index contributed by atoms with van der Waals surface area (Å²) in [6.07, 6.45) is 11.6. The highest BCUT2D eigenvalue weighted by atomic mass is 79.9. The highest BCUT2D eigenvalue weighted by molar-refractivity contribution is 9.10. The Morgan fingerprint density at radius 2 is 1.43 bits per heavy atom. The van der Waals surface area contributed by atoms with Gasteiger partial charge in [0, 0.05) is 21.5 Å². The molecule has 0 aliphatic rings. The third kappa shape index (κ3) is 10.8. The minimum Gasteiger partial charge on any atom is -0.375 e. The quantitative estimate of drug-likeness (QED) is 0.248. The van der Waals surface area contributed by atoms with Crippen LogP contribution in [0.25, 0.3) is 11.3 Å². The number of thiazole rings is 1. The van der Waals surface area contributed by atoms with Crippen LogP contribution in [0.5, 0.6) is 0 Å². The summed E-state index contributed by atoms with van der Waals surface area (Å²) in [4.78, 5) is 8.60. The zero-order valence-corrected chi connectivity index (χ0v) is 22.4. The van der Waals surface area contributed by atoms with Crippen LogP contribution in [0.3, 0.4) is 0 Å². The zero-order chi connectivity index (χ0) is 20.2. The van der Waals surface area contributed by atoms with Gasteiger partial charge in [-0.25, -0.2) is 4.98 Å². The summed E-state index contributed by atoms with van der Waals surface area (Å²) in [5.41, 5.74) is 8.28. The van der Waals surface area contributed by atoms with Crippen LogP contribution in [-0.2, 0) is 6.42 Å². The Bertz CT molecular complexity index is 668. The van der Waals surface area contributed by atoms with Gasteiger partial charge in [0.1, 0.15) is 0 Å². The predicted octanol–water partition coefficient (Wildman–Crippen LogP) is 8.00. The Morgan fingerprint density at radius 3 is 1.97 bits per heavy atom. The minimum absolute atomic E-state index is 0. The molecular weight excluding hydrogens is 501 g/mol. The lowest BCUT2D eigenvalue weighted by atomic mass is 10.1. The lowest BCUT2D eigenvalue weighted by molar-refractivity contribution is 0.264. The molecule has 30 heavy (non-hydrogen) atoms. The molecule has 0 radical (unpaired) electrons. The van der Waals surface area contributed by atoms with Crippen molar-refractivity contribution in [3.63, 3.8) is 0 Å². The molecule has 0 atom stereocenters. The molecule has 2 N–H and O–H groups in total. The molecule has 0 saturated heterocycles. The van der Waals surface area contributed by atoms with Gasteiger partial charge in [0.25, 0.3) is 0 Å². The van der Waals surface area contributed by atoms with E-state index >= 15 is 0 Å². The van der Waals surface area contributed by atoms with Gasteiger partial charge in [-0.15, -0.1) is 36.2 Å². The fourth-order valence-corrected chi connectivity index (χ4v) is 4.60. The SMILES string of the molecule is CCCCCCN(CCCCCC)CCc1sc(N)nc1-c1ccc(Br)cc1.Cl.Cl. The molecule has 0 bridgehead atoms. The van der Waals surface area contributed by atoms with Gasteiger partial charge in [-0.3, -0.25) is 0 Å². The lowest BCUT2D eigenvalue weighted by Gasteiger charge is -2.22. The first-order valence-corrected chi connectivity index (χ1v) is 12.5. The summed E-state index contributed by atoms with van der Waals surface area (Å²) < 4.78 is 1.09. The topological polar surface area (TPSA) is 42.1 Å². The molecule has 2 rings (SSSR count). The van der Waals surface area contributed by atoms with E-state index in [0.29, 0.717) is 5.13 Å². The Kier molecular flexibility index (Phi) is 17.1. The fourth-order valence-electron chi connectivity index (χ4n) is 3.49. The van der Waals surface area contributed by atoms with E-state index in [9.17, 15) is 0 Å². The Balaban J connectivity index is 0.00000420. The van der Waals surface area contributed by atoms with Crippen molar-refractivity contribution < 1.29 is 0 Å². The van der Waals surface area contributed by atoms with Gasteiger partial charge in [0.15, 0.2) is 5.13 Å². The summed E-state index contributed by atoms with van der Waals surface area (Å²) in [5, 5.41) is 0.672. The molecule has 0 saturated carbocycles. The average Bonchev–Trinajstić information content (AvgIpc) is 3.07. The number of benzene rings is 1. The number of unbranched alkanes of at least 4 members (excludes halogenated alkanes) is 6. The third-order valence-electron chi connectivity index (χ3n) is 5.14. The predicted molar refractivity (Wildman–Crippen MR) is 143 cm³/mol. The first-order chi connectivity index (χ1) is 13.6. The van der Waals surface area contributed by atoms with Crippen LogP contribution in [0.4, 0.5) is 5.13 Å². The van der Waals surface area contributed by atoms with Crippen LogP contribution in [-0.4, -0.2) is 29.5 Å². The fraction of sp³-hybridized carbons (Fsp3) is 0.609. The van der Waals surface area contributed by atoms with E-state index in [4.69, 9.17) is 5.73 Å². The first-order valence-electron chi connectivity index (χ1n) is 10.9. The van der Waals surface area contributed by atoms with Crippen molar-refractivity contribution in [3.8, 4) is 11.3 Å². The van der Waals surface area contributed by atoms with Gasteiger partial charge in [0.05, 0.1) is 5.69 Å². The van der Waals surface area contributed by atoms with E-state index in [-0.39, 0.29) is 24.8 Å². The number of nitrogens with zero attached hydrogens (tertiary/aromatic N) is 2. The number of aromatic nitrogens is 1. The van der Waals surface area contributed by atoms with Crippen molar-refractivity contribution in [2.75, 3.05) is 25.4 Å². The molecular formula is C23H38BrCl2N3S. The Hall–Kier alpha value is -0.330. The normalized spacial score (nSPS) is 10.7. The molecule has 0 fully saturated rings. The molecule has 0 aliphatic carbocycles. The summed E-state index contributed by atoms with van der Waals surface area (Å²) in [7, 11) is 0. The van der Waals surface area contributed by atoms with Crippen molar-refractivity contribution >= 4 is 57.2 Å². The van der Waals surface area contributed by atoms with Crippen molar-refractivity contribution in [2.24, 2.45) is 0 Å². The number of rotatable bonds is 14. The van der Waals surface area contributed by atoms with Crippen LogP contribution in [0.15, 0.2) is 28.7 Å². The van der Waals surface area contributed by atoms with Crippen molar-refractivity contribution in [1.82, 2.24) is 9.88 Å². The lowest BCUT2D eigenvalue weighted by Crippen LogP contribution is -2.28. The highest BCUT2D eigenvalue weighted by Crippen LogP contribution is 2.31. The van der Waals surface area contributed by atoms with Crippen molar-refractivity contribution in [3.05, 3.63) is 33.6 Å². The first kappa shape index (κ1) is 29.7. The van der Waals surface area contributed by atoms with Gasteiger partial charge < -0.3 is 10.6 Å². The zero-order valence-electron chi connectivity index (χ0n) is 18.4. The number of halogens is 3. The van der Waals surface area contributed by atoms with Crippen LogP contribution < -0.4 is 5.73 Å². The molecule has 0 spiro atoms. The molecule has 0 amide bonds. The molecule has 172 valence electrons. The smallest absolute Gasteiger partial charge is 0.180 e. The van der Waals surface area contributed by atoms with E-state index < -0.39 is 0 Å². The van der Waals surface area contributed by atoms with Crippen LogP contribution in [0.1, 0.15) is 70.1 Å². The molecule has 3 nitrogen and oxygen atoms in total. The molecule has 1 aromatic heterocycles.